The smallest absolute Gasteiger partial charge is 0.314 e. The third-order valence-corrected chi connectivity index (χ3v) is 4.95. The molecular weight excluding hydrogens is 352 g/mol. The zero-order valence-electron chi connectivity index (χ0n) is 16.4. The fraction of sp³-hybridized carbons (Fsp3) is 0.391. The van der Waals surface area contributed by atoms with Crippen LogP contribution in [-0.2, 0) is 22.4 Å². The summed E-state index contributed by atoms with van der Waals surface area (Å²) in [6.45, 7) is 2.76. The number of rotatable bonds is 8. The monoisotopic (exact) mass is 380 g/mol. The van der Waals surface area contributed by atoms with Gasteiger partial charge in [0.15, 0.2) is 0 Å². The quantitative estimate of drug-likeness (QED) is 0.515. The highest BCUT2D eigenvalue weighted by Crippen LogP contribution is 2.26. The van der Waals surface area contributed by atoms with Crippen LogP contribution in [0.5, 0.6) is 5.75 Å². The lowest BCUT2D eigenvalue weighted by Gasteiger charge is -2.12. The highest BCUT2D eigenvalue weighted by Gasteiger charge is 2.17. The van der Waals surface area contributed by atoms with Crippen LogP contribution >= 0.6 is 0 Å². The number of anilines is 2. The minimum atomic E-state index is -0.706. The Balaban J connectivity index is 1.55. The van der Waals surface area contributed by atoms with Crippen molar-refractivity contribution in [1.82, 2.24) is 0 Å². The van der Waals surface area contributed by atoms with E-state index in [-0.39, 0.29) is 0 Å². The SMILES string of the molecule is CCCCCCOc1ccccc1NC(=O)C(=O)Nc1ccc2c(c1)CCC2. The normalized spacial score (nSPS) is 12.3. The van der Waals surface area contributed by atoms with Gasteiger partial charge in [-0.1, -0.05) is 44.4 Å². The van der Waals surface area contributed by atoms with Crippen molar-refractivity contribution in [3.8, 4) is 5.75 Å². The largest absolute Gasteiger partial charge is 0.491 e. The highest BCUT2D eigenvalue weighted by molar-refractivity contribution is 6.43. The van der Waals surface area contributed by atoms with Gasteiger partial charge in [-0.2, -0.15) is 0 Å². The molecule has 0 atom stereocenters. The van der Waals surface area contributed by atoms with E-state index in [9.17, 15) is 9.59 Å². The molecule has 5 heteroatoms. The average molecular weight is 380 g/mol. The lowest BCUT2D eigenvalue weighted by atomic mass is 10.1. The Bertz CT molecular complexity index is 832. The van der Waals surface area contributed by atoms with E-state index in [1.165, 1.54) is 24.0 Å². The summed E-state index contributed by atoms with van der Waals surface area (Å²) in [4.78, 5) is 24.6. The van der Waals surface area contributed by atoms with Crippen molar-refractivity contribution >= 4 is 23.2 Å². The first-order chi connectivity index (χ1) is 13.7. The lowest BCUT2D eigenvalue weighted by molar-refractivity contribution is -0.133. The van der Waals surface area contributed by atoms with E-state index in [1.54, 1.807) is 18.2 Å². The molecule has 1 aliphatic rings. The number of aryl methyl sites for hydroxylation is 2. The molecule has 3 rings (SSSR count). The Kier molecular flexibility index (Phi) is 7.06. The molecule has 0 bridgehead atoms. The van der Waals surface area contributed by atoms with Gasteiger partial charge in [0.1, 0.15) is 5.75 Å². The van der Waals surface area contributed by atoms with E-state index in [1.807, 2.05) is 24.3 Å². The summed E-state index contributed by atoms with van der Waals surface area (Å²) in [7, 11) is 0. The molecule has 1 aliphatic carbocycles. The summed E-state index contributed by atoms with van der Waals surface area (Å²) in [5.41, 5.74) is 3.74. The molecular formula is C23H28N2O3. The fourth-order valence-corrected chi connectivity index (χ4v) is 3.42. The number of benzene rings is 2. The Hall–Kier alpha value is -2.82. The molecule has 0 unspecified atom stereocenters. The van der Waals surface area contributed by atoms with Gasteiger partial charge in [-0.25, -0.2) is 0 Å². The molecule has 2 amide bonds. The third-order valence-electron chi connectivity index (χ3n) is 4.95. The number of ether oxygens (including phenoxy) is 1. The number of carbonyl (C=O) groups excluding carboxylic acids is 2. The molecule has 0 saturated heterocycles. The van der Waals surface area contributed by atoms with Gasteiger partial charge in [-0.05, 0) is 61.1 Å². The maximum Gasteiger partial charge on any atom is 0.314 e. The maximum absolute atomic E-state index is 12.3. The molecule has 28 heavy (non-hydrogen) atoms. The Morgan fingerprint density at radius 1 is 0.929 bits per heavy atom. The first kappa shape index (κ1) is 19.9. The van der Waals surface area contributed by atoms with E-state index in [4.69, 9.17) is 4.74 Å². The van der Waals surface area contributed by atoms with Crippen LogP contribution in [-0.4, -0.2) is 18.4 Å². The van der Waals surface area contributed by atoms with E-state index in [2.05, 4.69) is 17.6 Å². The number of hydrogen-bond donors (Lipinski definition) is 2. The van der Waals surface area contributed by atoms with Gasteiger partial charge in [0.25, 0.3) is 0 Å². The minimum Gasteiger partial charge on any atom is -0.491 e. The predicted octanol–water partition coefficient (Wildman–Crippen LogP) is 4.71. The number of amides is 2. The zero-order chi connectivity index (χ0) is 19.8. The molecule has 0 aromatic heterocycles. The molecule has 0 spiro atoms. The molecule has 5 nitrogen and oxygen atoms in total. The average Bonchev–Trinajstić information content (AvgIpc) is 3.17. The van der Waals surface area contributed by atoms with Crippen LogP contribution in [0.15, 0.2) is 42.5 Å². The van der Waals surface area contributed by atoms with Gasteiger partial charge in [0, 0.05) is 5.69 Å². The second-order valence-corrected chi connectivity index (χ2v) is 7.15. The topological polar surface area (TPSA) is 67.4 Å². The summed E-state index contributed by atoms with van der Waals surface area (Å²) in [5, 5.41) is 5.34. The number of unbranched alkanes of at least 4 members (excludes halogenated alkanes) is 3. The first-order valence-electron chi connectivity index (χ1n) is 10.1. The lowest BCUT2D eigenvalue weighted by Crippen LogP contribution is -2.29. The van der Waals surface area contributed by atoms with Crippen LogP contribution in [0.25, 0.3) is 0 Å². The van der Waals surface area contributed by atoms with Gasteiger partial charge in [-0.3, -0.25) is 9.59 Å². The van der Waals surface area contributed by atoms with E-state index >= 15 is 0 Å². The van der Waals surface area contributed by atoms with Crippen LogP contribution in [0, 0.1) is 0 Å². The summed E-state index contributed by atoms with van der Waals surface area (Å²) in [6, 6.07) is 13.0. The van der Waals surface area contributed by atoms with Crippen molar-refractivity contribution < 1.29 is 14.3 Å². The molecule has 2 aromatic rings. The molecule has 0 saturated carbocycles. The Morgan fingerprint density at radius 2 is 1.71 bits per heavy atom. The molecule has 0 heterocycles. The van der Waals surface area contributed by atoms with Crippen molar-refractivity contribution in [2.75, 3.05) is 17.2 Å². The van der Waals surface area contributed by atoms with Gasteiger partial charge in [-0.15, -0.1) is 0 Å². The zero-order valence-corrected chi connectivity index (χ0v) is 16.4. The fourth-order valence-electron chi connectivity index (χ4n) is 3.42. The molecule has 2 aromatic carbocycles. The van der Waals surface area contributed by atoms with Crippen LogP contribution in [0.3, 0.4) is 0 Å². The molecule has 148 valence electrons. The highest BCUT2D eigenvalue weighted by atomic mass is 16.5. The van der Waals surface area contributed by atoms with Gasteiger partial charge in [0.2, 0.25) is 0 Å². The van der Waals surface area contributed by atoms with Gasteiger partial charge in [0.05, 0.1) is 12.3 Å². The van der Waals surface area contributed by atoms with Crippen LogP contribution in [0.2, 0.25) is 0 Å². The number of hydrogen-bond acceptors (Lipinski definition) is 3. The van der Waals surface area contributed by atoms with Crippen LogP contribution in [0.1, 0.15) is 50.2 Å². The second kappa shape index (κ2) is 9.93. The van der Waals surface area contributed by atoms with E-state index < -0.39 is 11.8 Å². The molecule has 0 radical (unpaired) electrons. The maximum atomic E-state index is 12.3. The van der Waals surface area contributed by atoms with Crippen molar-refractivity contribution in [2.24, 2.45) is 0 Å². The number of carbonyl (C=O) groups is 2. The number of fused-ring (bicyclic) bond motifs is 1. The van der Waals surface area contributed by atoms with Crippen molar-refractivity contribution in [1.29, 1.82) is 0 Å². The molecule has 0 fully saturated rings. The Labute approximate surface area is 166 Å². The van der Waals surface area contributed by atoms with E-state index in [0.717, 1.165) is 32.1 Å². The van der Waals surface area contributed by atoms with Crippen LogP contribution in [0.4, 0.5) is 11.4 Å². The summed E-state index contributed by atoms with van der Waals surface area (Å²) in [5.74, 6) is -0.809. The van der Waals surface area contributed by atoms with Crippen molar-refractivity contribution in [2.45, 2.75) is 51.9 Å². The Morgan fingerprint density at radius 3 is 2.57 bits per heavy atom. The second-order valence-electron chi connectivity index (χ2n) is 7.15. The van der Waals surface area contributed by atoms with E-state index in [0.29, 0.717) is 23.7 Å². The summed E-state index contributed by atoms with van der Waals surface area (Å²) < 4.78 is 5.79. The predicted molar refractivity (Wildman–Crippen MR) is 112 cm³/mol. The first-order valence-corrected chi connectivity index (χ1v) is 10.1. The molecule has 2 N–H and O–H groups in total. The van der Waals surface area contributed by atoms with Gasteiger partial charge < -0.3 is 15.4 Å². The number of para-hydroxylation sites is 2. The van der Waals surface area contributed by atoms with Crippen molar-refractivity contribution in [3.05, 3.63) is 53.6 Å². The minimum absolute atomic E-state index is 0.507. The van der Waals surface area contributed by atoms with Crippen molar-refractivity contribution in [3.63, 3.8) is 0 Å². The third kappa shape index (κ3) is 5.35. The number of nitrogens with one attached hydrogen (secondary N) is 2. The van der Waals surface area contributed by atoms with Crippen LogP contribution < -0.4 is 15.4 Å². The standard InChI is InChI=1S/C23H28N2O3/c1-2-3-4-7-15-28-21-12-6-5-11-20(21)25-23(27)22(26)24-19-14-13-17-9-8-10-18(17)16-19/h5-6,11-14,16H,2-4,7-10,15H2,1H3,(H,24,26)(H,25,27). The molecule has 0 aliphatic heterocycles. The summed E-state index contributed by atoms with van der Waals surface area (Å²) in [6.07, 6.45) is 7.69. The summed E-state index contributed by atoms with van der Waals surface area (Å²) >= 11 is 0. The van der Waals surface area contributed by atoms with Gasteiger partial charge >= 0.3 is 11.8 Å².